The molecule has 1 aromatic carbocycles. The predicted molar refractivity (Wildman–Crippen MR) is 73.1 cm³/mol. The Hall–Kier alpha value is -1.30. The molecule has 1 saturated carbocycles. The van der Waals surface area contributed by atoms with Gasteiger partial charge < -0.3 is 15.7 Å². The maximum absolute atomic E-state index is 11.7. The molecule has 0 saturated heterocycles. The van der Waals surface area contributed by atoms with Crippen LogP contribution in [0.1, 0.15) is 23.2 Å². The minimum Gasteiger partial charge on any atom is -0.478 e. The highest BCUT2D eigenvalue weighted by Crippen LogP contribution is 2.31. The van der Waals surface area contributed by atoms with Crippen LogP contribution < -0.4 is 10.6 Å². The van der Waals surface area contributed by atoms with Crippen molar-refractivity contribution in [2.45, 2.75) is 18.9 Å². The zero-order chi connectivity index (χ0) is 14.0. The van der Waals surface area contributed by atoms with Crippen molar-refractivity contribution in [1.29, 1.82) is 0 Å². The van der Waals surface area contributed by atoms with E-state index in [0.717, 1.165) is 12.8 Å². The van der Waals surface area contributed by atoms with Crippen molar-refractivity contribution in [3.05, 3.63) is 27.7 Å². The molecule has 5 nitrogen and oxygen atoms in total. The minimum absolute atomic E-state index is 0.0240. The van der Waals surface area contributed by atoms with E-state index < -0.39 is 5.97 Å². The van der Waals surface area contributed by atoms with Crippen molar-refractivity contribution in [1.82, 2.24) is 5.32 Å². The Bertz CT molecular complexity index is 507. The molecule has 3 N–H and O–H groups in total. The van der Waals surface area contributed by atoms with Gasteiger partial charge in [0.05, 0.1) is 27.8 Å². The van der Waals surface area contributed by atoms with Crippen LogP contribution in [0.4, 0.5) is 5.69 Å². The second-order valence-electron chi connectivity index (χ2n) is 4.32. The van der Waals surface area contributed by atoms with E-state index in [0.29, 0.717) is 6.04 Å². The predicted octanol–water partition coefficient (Wildman–Crippen LogP) is 2.38. The third kappa shape index (κ3) is 3.83. The van der Waals surface area contributed by atoms with Gasteiger partial charge in [-0.05, 0) is 25.0 Å². The van der Waals surface area contributed by atoms with Crippen LogP contribution in [0.2, 0.25) is 10.0 Å². The van der Waals surface area contributed by atoms with Crippen LogP contribution in [0.25, 0.3) is 0 Å². The molecule has 0 radical (unpaired) electrons. The molecule has 1 aromatic rings. The lowest BCUT2D eigenvalue weighted by Gasteiger charge is -2.10. The third-order valence-corrected chi connectivity index (χ3v) is 3.28. The number of nitrogens with one attached hydrogen (secondary N) is 2. The normalized spacial score (nSPS) is 14.2. The number of carboxylic acid groups (broad SMARTS) is 1. The zero-order valence-corrected chi connectivity index (χ0v) is 11.4. The van der Waals surface area contributed by atoms with E-state index in [1.165, 1.54) is 12.1 Å². The molecular formula is C12H12Cl2N2O3. The third-order valence-electron chi connectivity index (χ3n) is 2.68. The SMILES string of the molecule is O=C(CNC1CC1)Nc1c(Cl)cc(C(=O)O)cc1Cl. The number of carboxylic acids is 1. The number of rotatable bonds is 5. The molecule has 0 spiro atoms. The van der Waals surface area contributed by atoms with Gasteiger partial charge >= 0.3 is 5.97 Å². The van der Waals surface area contributed by atoms with Crippen LogP contribution in [-0.2, 0) is 4.79 Å². The van der Waals surface area contributed by atoms with Gasteiger partial charge in [0, 0.05) is 6.04 Å². The Kier molecular flexibility index (Phi) is 4.29. The van der Waals surface area contributed by atoms with E-state index in [1.54, 1.807) is 0 Å². The molecule has 1 aliphatic rings. The molecule has 0 aromatic heterocycles. The highest BCUT2D eigenvalue weighted by molar-refractivity contribution is 6.40. The molecule has 0 aliphatic heterocycles. The summed E-state index contributed by atoms with van der Waals surface area (Å²) in [5.74, 6) is -1.39. The Labute approximate surface area is 119 Å². The van der Waals surface area contributed by atoms with Gasteiger partial charge in [0.25, 0.3) is 0 Å². The highest BCUT2D eigenvalue weighted by Gasteiger charge is 2.21. The first-order chi connectivity index (χ1) is 8.97. The monoisotopic (exact) mass is 302 g/mol. The molecule has 0 atom stereocenters. The summed E-state index contributed by atoms with van der Waals surface area (Å²) in [7, 11) is 0. The Morgan fingerprint density at radius 2 is 1.84 bits per heavy atom. The van der Waals surface area contributed by atoms with Crippen molar-refractivity contribution in [3.63, 3.8) is 0 Å². The van der Waals surface area contributed by atoms with Crippen molar-refractivity contribution in [2.75, 3.05) is 11.9 Å². The van der Waals surface area contributed by atoms with Crippen molar-refractivity contribution in [2.24, 2.45) is 0 Å². The fraction of sp³-hybridized carbons (Fsp3) is 0.333. The van der Waals surface area contributed by atoms with E-state index in [9.17, 15) is 9.59 Å². The van der Waals surface area contributed by atoms with E-state index in [1.807, 2.05) is 0 Å². The molecule has 2 rings (SSSR count). The molecule has 1 aliphatic carbocycles. The summed E-state index contributed by atoms with van der Waals surface area (Å²) in [5, 5.41) is 14.7. The molecule has 7 heteroatoms. The number of anilines is 1. The Balaban J connectivity index is 2.06. The largest absolute Gasteiger partial charge is 0.478 e. The Morgan fingerprint density at radius 1 is 1.26 bits per heavy atom. The summed E-state index contributed by atoms with van der Waals surface area (Å²) in [6, 6.07) is 2.92. The molecule has 0 heterocycles. The average Bonchev–Trinajstić information content (AvgIpc) is 3.14. The van der Waals surface area contributed by atoms with Crippen LogP contribution in [0.5, 0.6) is 0 Å². The fourth-order valence-corrected chi connectivity index (χ4v) is 2.11. The summed E-state index contributed by atoms with van der Waals surface area (Å²) in [6.07, 6.45) is 2.17. The average molecular weight is 303 g/mol. The van der Waals surface area contributed by atoms with Gasteiger partial charge in [-0.15, -0.1) is 0 Å². The van der Waals surface area contributed by atoms with Crippen molar-refractivity contribution >= 4 is 40.8 Å². The standard InChI is InChI=1S/C12H12Cl2N2O3/c13-8-3-6(12(18)19)4-9(14)11(8)16-10(17)5-15-7-1-2-7/h3-4,7,15H,1-2,5H2,(H,16,17)(H,18,19). The first kappa shape index (κ1) is 14.1. The van der Waals surface area contributed by atoms with Crippen LogP contribution >= 0.6 is 23.2 Å². The van der Waals surface area contributed by atoms with E-state index >= 15 is 0 Å². The summed E-state index contributed by atoms with van der Waals surface area (Å²) in [5.41, 5.74) is 0.208. The lowest BCUT2D eigenvalue weighted by molar-refractivity contribution is -0.115. The molecule has 102 valence electrons. The number of halogens is 2. The summed E-state index contributed by atoms with van der Waals surface area (Å²) in [4.78, 5) is 22.5. The Morgan fingerprint density at radius 3 is 2.32 bits per heavy atom. The molecular weight excluding hydrogens is 291 g/mol. The smallest absolute Gasteiger partial charge is 0.335 e. The van der Waals surface area contributed by atoms with Crippen molar-refractivity contribution < 1.29 is 14.7 Å². The molecule has 0 unspecified atom stereocenters. The number of aromatic carboxylic acids is 1. The van der Waals surface area contributed by atoms with Crippen LogP contribution in [-0.4, -0.2) is 29.6 Å². The van der Waals surface area contributed by atoms with Gasteiger partial charge in [-0.25, -0.2) is 4.79 Å². The van der Waals surface area contributed by atoms with Gasteiger partial charge in [0.2, 0.25) is 5.91 Å². The number of carbonyl (C=O) groups is 2. The number of hydrogen-bond acceptors (Lipinski definition) is 3. The molecule has 1 amide bonds. The van der Waals surface area contributed by atoms with Gasteiger partial charge in [0.1, 0.15) is 0 Å². The van der Waals surface area contributed by atoms with E-state index in [4.69, 9.17) is 28.3 Å². The van der Waals surface area contributed by atoms with Crippen molar-refractivity contribution in [3.8, 4) is 0 Å². The van der Waals surface area contributed by atoms with Gasteiger partial charge in [-0.3, -0.25) is 4.79 Å². The van der Waals surface area contributed by atoms with E-state index in [2.05, 4.69) is 10.6 Å². The molecule has 19 heavy (non-hydrogen) atoms. The number of hydrogen-bond donors (Lipinski definition) is 3. The number of benzene rings is 1. The second kappa shape index (κ2) is 5.77. The number of amides is 1. The second-order valence-corrected chi connectivity index (χ2v) is 5.14. The lowest BCUT2D eigenvalue weighted by Crippen LogP contribution is -2.29. The molecule has 1 fully saturated rings. The van der Waals surface area contributed by atoms with E-state index in [-0.39, 0.29) is 33.7 Å². The number of carbonyl (C=O) groups excluding carboxylic acids is 1. The first-order valence-electron chi connectivity index (χ1n) is 5.73. The van der Waals surface area contributed by atoms with Crippen LogP contribution in [0.3, 0.4) is 0 Å². The fourth-order valence-electron chi connectivity index (χ4n) is 1.52. The van der Waals surface area contributed by atoms with Crippen LogP contribution in [0.15, 0.2) is 12.1 Å². The highest BCUT2D eigenvalue weighted by atomic mass is 35.5. The van der Waals surface area contributed by atoms with Gasteiger partial charge in [-0.2, -0.15) is 0 Å². The van der Waals surface area contributed by atoms with Gasteiger partial charge in [0.15, 0.2) is 0 Å². The van der Waals surface area contributed by atoms with Gasteiger partial charge in [-0.1, -0.05) is 23.2 Å². The van der Waals surface area contributed by atoms with Crippen LogP contribution in [0, 0.1) is 0 Å². The maximum atomic E-state index is 11.7. The summed E-state index contributed by atoms with van der Waals surface area (Å²) >= 11 is 11.8. The maximum Gasteiger partial charge on any atom is 0.335 e. The zero-order valence-electron chi connectivity index (χ0n) is 9.87. The molecule has 0 bridgehead atoms. The topological polar surface area (TPSA) is 78.4 Å². The summed E-state index contributed by atoms with van der Waals surface area (Å²) < 4.78 is 0. The first-order valence-corrected chi connectivity index (χ1v) is 6.48. The summed E-state index contributed by atoms with van der Waals surface area (Å²) in [6.45, 7) is 0.179. The quantitative estimate of drug-likeness (QED) is 0.780. The minimum atomic E-state index is -1.13. The lowest BCUT2D eigenvalue weighted by atomic mass is 10.2.